The summed E-state index contributed by atoms with van der Waals surface area (Å²) in [5.74, 6) is 0.365. The Morgan fingerprint density at radius 1 is 1.21 bits per heavy atom. The van der Waals surface area contributed by atoms with Crippen molar-refractivity contribution in [3.63, 3.8) is 0 Å². The molecular weight excluding hydrogens is 243 g/mol. The minimum atomic E-state index is -0.854. The molecule has 2 nitrogen and oxygen atoms in total. The number of benzene rings is 2. The lowest BCUT2D eigenvalue weighted by Gasteiger charge is -2.13. The summed E-state index contributed by atoms with van der Waals surface area (Å²) in [5.41, 5.74) is 2.08. The second kappa shape index (κ2) is 5.85. The van der Waals surface area contributed by atoms with Gasteiger partial charge in [-0.3, -0.25) is 0 Å². The molecular formula is C16H17FO2. The van der Waals surface area contributed by atoms with Crippen LogP contribution < -0.4 is 4.74 Å². The van der Waals surface area contributed by atoms with E-state index in [4.69, 9.17) is 4.74 Å². The molecule has 0 saturated carbocycles. The number of hydrogen-bond acceptors (Lipinski definition) is 2. The van der Waals surface area contributed by atoms with Gasteiger partial charge in [-0.25, -0.2) is 4.39 Å². The molecule has 3 heteroatoms. The summed E-state index contributed by atoms with van der Waals surface area (Å²) in [6.07, 6.45) is -0.496. The minimum absolute atomic E-state index is 0.327. The van der Waals surface area contributed by atoms with Crippen LogP contribution in [-0.2, 0) is 6.42 Å². The molecule has 100 valence electrons. The van der Waals surface area contributed by atoms with Gasteiger partial charge in [0.2, 0.25) is 0 Å². The van der Waals surface area contributed by atoms with Crippen molar-refractivity contribution < 1.29 is 14.2 Å². The van der Waals surface area contributed by atoms with E-state index >= 15 is 0 Å². The van der Waals surface area contributed by atoms with Crippen LogP contribution in [-0.4, -0.2) is 12.2 Å². The molecule has 0 bridgehead atoms. The Bertz CT molecular complexity index is 566. The molecule has 0 amide bonds. The molecule has 1 atom stereocenters. The number of rotatable bonds is 4. The summed E-state index contributed by atoms with van der Waals surface area (Å²) >= 11 is 0. The molecule has 0 aromatic heterocycles. The van der Waals surface area contributed by atoms with Gasteiger partial charge in [-0.2, -0.15) is 0 Å². The van der Waals surface area contributed by atoms with E-state index in [0.29, 0.717) is 12.0 Å². The number of hydrogen-bond donors (Lipinski definition) is 1. The van der Waals surface area contributed by atoms with Gasteiger partial charge in [-0.15, -0.1) is 0 Å². The molecule has 19 heavy (non-hydrogen) atoms. The summed E-state index contributed by atoms with van der Waals surface area (Å²) in [6, 6.07) is 12.3. The first-order valence-corrected chi connectivity index (χ1v) is 6.17. The maximum atomic E-state index is 13.8. The molecule has 0 saturated heterocycles. The molecule has 0 radical (unpaired) electrons. The van der Waals surface area contributed by atoms with E-state index in [0.717, 1.165) is 16.9 Å². The molecule has 0 fully saturated rings. The summed E-state index contributed by atoms with van der Waals surface area (Å²) in [5, 5.41) is 10.1. The highest BCUT2D eigenvalue weighted by atomic mass is 19.1. The van der Waals surface area contributed by atoms with Crippen molar-refractivity contribution in [3.8, 4) is 5.75 Å². The van der Waals surface area contributed by atoms with Crippen molar-refractivity contribution in [2.75, 3.05) is 7.11 Å². The fourth-order valence-electron chi connectivity index (χ4n) is 2.04. The minimum Gasteiger partial charge on any atom is -0.497 e. The smallest absolute Gasteiger partial charge is 0.129 e. The quantitative estimate of drug-likeness (QED) is 0.912. The first-order valence-electron chi connectivity index (χ1n) is 6.17. The summed E-state index contributed by atoms with van der Waals surface area (Å²) in [7, 11) is 1.59. The monoisotopic (exact) mass is 260 g/mol. The molecule has 1 unspecified atom stereocenters. The van der Waals surface area contributed by atoms with Crippen LogP contribution in [0.4, 0.5) is 4.39 Å². The van der Waals surface area contributed by atoms with Crippen LogP contribution in [0.2, 0.25) is 0 Å². The van der Waals surface area contributed by atoms with Gasteiger partial charge in [0.1, 0.15) is 11.6 Å². The van der Waals surface area contributed by atoms with Gasteiger partial charge in [0.25, 0.3) is 0 Å². The van der Waals surface area contributed by atoms with E-state index < -0.39 is 6.10 Å². The standard InChI is InChI=1S/C16H17FO2/c1-11-6-7-14(15(17)8-11)16(18)10-12-4-3-5-13(9-12)19-2/h3-9,16,18H,10H2,1-2H3. The zero-order valence-corrected chi connectivity index (χ0v) is 11.1. The van der Waals surface area contributed by atoms with Crippen molar-refractivity contribution in [3.05, 3.63) is 65.0 Å². The highest BCUT2D eigenvalue weighted by Crippen LogP contribution is 2.23. The first kappa shape index (κ1) is 13.6. The lowest BCUT2D eigenvalue weighted by Crippen LogP contribution is -2.04. The van der Waals surface area contributed by atoms with Crippen LogP contribution in [0.5, 0.6) is 5.75 Å². The molecule has 2 aromatic carbocycles. The van der Waals surface area contributed by atoms with E-state index in [1.165, 1.54) is 6.07 Å². The third-order valence-corrected chi connectivity index (χ3v) is 3.08. The van der Waals surface area contributed by atoms with Gasteiger partial charge < -0.3 is 9.84 Å². The van der Waals surface area contributed by atoms with Crippen molar-refractivity contribution in [1.29, 1.82) is 0 Å². The van der Waals surface area contributed by atoms with Crippen LogP contribution in [0.1, 0.15) is 22.8 Å². The van der Waals surface area contributed by atoms with E-state index in [9.17, 15) is 9.50 Å². The summed E-state index contributed by atoms with van der Waals surface area (Å²) in [6.45, 7) is 1.82. The highest BCUT2D eigenvalue weighted by molar-refractivity contribution is 5.31. The van der Waals surface area contributed by atoms with Crippen molar-refractivity contribution in [1.82, 2.24) is 0 Å². The molecule has 0 aliphatic rings. The van der Waals surface area contributed by atoms with E-state index in [1.54, 1.807) is 19.2 Å². The average Bonchev–Trinajstić information content (AvgIpc) is 2.38. The number of ether oxygens (including phenoxy) is 1. The topological polar surface area (TPSA) is 29.5 Å². The van der Waals surface area contributed by atoms with Gasteiger partial charge in [0, 0.05) is 12.0 Å². The van der Waals surface area contributed by atoms with Crippen molar-refractivity contribution >= 4 is 0 Å². The van der Waals surface area contributed by atoms with Gasteiger partial charge in [-0.05, 0) is 36.2 Å². The molecule has 0 aliphatic carbocycles. The average molecular weight is 260 g/mol. The highest BCUT2D eigenvalue weighted by Gasteiger charge is 2.13. The molecule has 0 aliphatic heterocycles. The molecule has 2 aromatic rings. The second-order valence-corrected chi connectivity index (χ2v) is 4.60. The van der Waals surface area contributed by atoms with Crippen LogP contribution in [0.25, 0.3) is 0 Å². The van der Waals surface area contributed by atoms with Gasteiger partial charge in [-0.1, -0.05) is 24.3 Å². The summed E-state index contributed by atoms with van der Waals surface area (Å²) in [4.78, 5) is 0. The lowest BCUT2D eigenvalue weighted by atomic mass is 10.00. The summed E-state index contributed by atoms with van der Waals surface area (Å²) < 4.78 is 18.9. The third-order valence-electron chi connectivity index (χ3n) is 3.08. The predicted molar refractivity (Wildman–Crippen MR) is 72.8 cm³/mol. The van der Waals surface area contributed by atoms with Crippen molar-refractivity contribution in [2.24, 2.45) is 0 Å². The van der Waals surface area contributed by atoms with Crippen LogP contribution in [0, 0.1) is 12.7 Å². The van der Waals surface area contributed by atoms with Crippen LogP contribution in [0.15, 0.2) is 42.5 Å². The number of aliphatic hydroxyl groups is 1. The lowest BCUT2D eigenvalue weighted by molar-refractivity contribution is 0.173. The Labute approximate surface area is 112 Å². The molecule has 0 spiro atoms. The number of halogens is 1. The fraction of sp³-hybridized carbons (Fsp3) is 0.250. The normalized spacial score (nSPS) is 12.2. The number of aliphatic hydroxyl groups excluding tert-OH is 1. The number of aryl methyl sites for hydroxylation is 1. The Hall–Kier alpha value is -1.87. The van der Waals surface area contributed by atoms with Crippen molar-refractivity contribution in [2.45, 2.75) is 19.4 Å². The second-order valence-electron chi connectivity index (χ2n) is 4.60. The Kier molecular flexibility index (Phi) is 4.17. The Morgan fingerprint density at radius 2 is 2.00 bits per heavy atom. The Balaban J connectivity index is 2.17. The van der Waals surface area contributed by atoms with Gasteiger partial charge >= 0.3 is 0 Å². The van der Waals surface area contributed by atoms with Gasteiger partial charge in [0.05, 0.1) is 13.2 Å². The van der Waals surface area contributed by atoms with E-state index in [2.05, 4.69) is 0 Å². The fourth-order valence-corrected chi connectivity index (χ4v) is 2.04. The van der Waals surface area contributed by atoms with Gasteiger partial charge in [0.15, 0.2) is 0 Å². The van der Waals surface area contributed by atoms with E-state index in [-0.39, 0.29) is 5.82 Å². The SMILES string of the molecule is COc1cccc(CC(O)c2ccc(C)cc2F)c1. The molecule has 1 N–H and O–H groups in total. The largest absolute Gasteiger partial charge is 0.497 e. The van der Waals surface area contributed by atoms with E-state index in [1.807, 2.05) is 31.2 Å². The Morgan fingerprint density at radius 3 is 2.68 bits per heavy atom. The predicted octanol–water partition coefficient (Wildman–Crippen LogP) is 3.42. The van der Waals surface area contributed by atoms with Crippen LogP contribution >= 0.6 is 0 Å². The maximum Gasteiger partial charge on any atom is 0.129 e. The third kappa shape index (κ3) is 3.32. The molecule has 2 rings (SSSR count). The zero-order valence-electron chi connectivity index (χ0n) is 11.1. The maximum absolute atomic E-state index is 13.8. The molecule has 0 heterocycles. The number of methoxy groups -OCH3 is 1. The van der Waals surface area contributed by atoms with Crippen LogP contribution in [0.3, 0.4) is 0 Å². The zero-order chi connectivity index (χ0) is 13.8. The first-order chi connectivity index (χ1) is 9.10.